The lowest BCUT2D eigenvalue weighted by molar-refractivity contribution is 0.146. The highest BCUT2D eigenvalue weighted by Gasteiger charge is 2.22. The van der Waals surface area contributed by atoms with E-state index in [0.29, 0.717) is 0 Å². The molecule has 1 rings (SSSR count). The summed E-state index contributed by atoms with van der Waals surface area (Å²) in [5.41, 5.74) is 4.20. The summed E-state index contributed by atoms with van der Waals surface area (Å²) in [5.74, 6) is 0. The first-order valence-electron chi connectivity index (χ1n) is 3.42. The molecule has 0 radical (unpaired) electrons. The van der Waals surface area contributed by atoms with Gasteiger partial charge in [0.15, 0.2) is 5.03 Å². The summed E-state index contributed by atoms with van der Waals surface area (Å²) < 4.78 is 46.7. The fraction of sp³-hybridized carbons (Fsp3) is 0.167. The van der Waals surface area contributed by atoms with Gasteiger partial charge in [-0.15, -0.1) is 0 Å². The van der Waals surface area contributed by atoms with E-state index >= 15 is 0 Å². The third-order valence-electron chi connectivity index (χ3n) is 1.44. The number of rotatable bonds is 2. The number of nitrogens with two attached hydrogens (primary N) is 1. The van der Waals surface area contributed by atoms with Crippen molar-refractivity contribution >= 4 is 48.0 Å². The predicted octanol–water partition coefficient (Wildman–Crippen LogP) is 2.13. The summed E-state index contributed by atoms with van der Waals surface area (Å²) >= 11 is 1.60. The molecule has 0 saturated carbocycles. The zero-order chi connectivity index (χ0) is 11.8. The van der Waals surface area contributed by atoms with Crippen LogP contribution in [0.2, 0.25) is 0 Å². The van der Waals surface area contributed by atoms with Gasteiger partial charge in [0.1, 0.15) is 5.69 Å². The third-order valence-corrected chi connectivity index (χ3v) is 3.84. The third kappa shape index (κ3) is 2.88. The van der Waals surface area contributed by atoms with Gasteiger partial charge >= 0.3 is 0 Å². The van der Waals surface area contributed by atoms with Crippen LogP contribution in [0.1, 0.15) is 12.1 Å². The Hall–Kier alpha value is -0.220. The van der Waals surface area contributed by atoms with Crippen molar-refractivity contribution in [2.45, 2.75) is 11.5 Å². The molecule has 1 heterocycles. The maximum absolute atomic E-state index is 12.3. The quantitative estimate of drug-likeness (QED) is 0.641. The average Bonchev–Trinajstić information content (AvgIpc) is 2.00. The van der Waals surface area contributed by atoms with Crippen molar-refractivity contribution < 1.29 is 17.2 Å². The van der Waals surface area contributed by atoms with Gasteiger partial charge in [-0.2, -0.15) is 0 Å². The predicted molar refractivity (Wildman–Crippen MR) is 59.4 cm³/mol. The molecule has 0 saturated heterocycles. The van der Waals surface area contributed by atoms with Gasteiger partial charge in [0, 0.05) is 10.7 Å². The van der Waals surface area contributed by atoms with Gasteiger partial charge < -0.3 is 5.73 Å². The zero-order valence-electron chi connectivity index (χ0n) is 6.92. The van der Waals surface area contributed by atoms with Crippen LogP contribution in [0.3, 0.4) is 0 Å². The monoisotopic (exact) mass is 368 g/mol. The second kappa shape index (κ2) is 4.34. The van der Waals surface area contributed by atoms with Crippen LogP contribution < -0.4 is 5.73 Å². The Morgan fingerprint density at radius 1 is 1.53 bits per heavy atom. The second-order valence-corrected chi connectivity index (χ2v) is 6.13. The first kappa shape index (κ1) is 12.8. The molecule has 15 heavy (non-hydrogen) atoms. The van der Waals surface area contributed by atoms with Gasteiger partial charge in [0.2, 0.25) is 0 Å². The number of aromatic nitrogens is 1. The lowest BCUT2D eigenvalue weighted by atomic mass is 10.3. The Morgan fingerprint density at radius 3 is 2.47 bits per heavy atom. The minimum absolute atomic E-state index is 0.101. The zero-order valence-corrected chi connectivity index (χ0v) is 10.6. The fourth-order valence-corrected chi connectivity index (χ4v) is 3.41. The molecular weight excluding hydrogens is 364 g/mol. The molecule has 0 atom stereocenters. The topological polar surface area (TPSA) is 73.1 Å². The van der Waals surface area contributed by atoms with Gasteiger partial charge in [-0.05, 0) is 28.7 Å². The standard InChI is InChI=1S/C6H4ClF2IN2O2S/c7-15(13,14)6-2(10)1-3(11)4(12-6)5(8)9/h1,5H,11H2. The smallest absolute Gasteiger partial charge is 0.282 e. The maximum atomic E-state index is 12.3. The normalized spacial score (nSPS) is 12.1. The van der Waals surface area contributed by atoms with Gasteiger partial charge in [-0.25, -0.2) is 22.2 Å². The van der Waals surface area contributed by atoms with E-state index in [4.69, 9.17) is 16.4 Å². The molecule has 0 bridgehead atoms. The molecule has 0 unspecified atom stereocenters. The van der Waals surface area contributed by atoms with E-state index in [1.807, 2.05) is 0 Å². The summed E-state index contributed by atoms with van der Waals surface area (Å²) in [6, 6.07) is 1.09. The largest absolute Gasteiger partial charge is 0.397 e. The molecule has 1 aromatic heterocycles. The van der Waals surface area contributed by atoms with Crippen molar-refractivity contribution in [1.29, 1.82) is 0 Å². The molecule has 0 amide bonds. The Balaban J connectivity index is 3.50. The molecule has 4 nitrogen and oxygen atoms in total. The number of anilines is 1. The van der Waals surface area contributed by atoms with E-state index in [1.54, 1.807) is 22.6 Å². The molecule has 9 heteroatoms. The molecule has 0 spiro atoms. The molecular formula is C6H4ClF2IN2O2S. The van der Waals surface area contributed by atoms with Gasteiger partial charge in [-0.3, -0.25) is 0 Å². The first-order valence-corrected chi connectivity index (χ1v) is 6.81. The number of nitrogen functional groups attached to an aromatic ring is 1. The molecule has 0 aromatic carbocycles. The molecule has 0 aliphatic rings. The average molecular weight is 369 g/mol. The SMILES string of the molecule is Nc1cc(I)c(S(=O)(=O)Cl)nc1C(F)F. The van der Waals surface area contributed by atoms with E-state index < -0.39 is 26.2 Å². The van der Waals surface area contributed by atoms with Gasteiger partial charge in [0.05, 0.1) is 9.26 Å². The fourth-order valence-electron chi connectivity index (χ4n) is 0.845. The van der Waals surface area contributed by atoms with Crippen molar-refractivity contribution in [3.63, 3.8) is 0 Å². The number of hydrogen-bond donors (Lipinski definition) is 1. The van der Waals surface area contributed by atoms with Crippen molar-refractivity contribution in [2.24, 2.45) is 0 Å². The number of pyridine rings is 1. The molecule has 0 aliphatic heterocycles. The van der Waals surface area contributed by atoms with Crippen molar-refractivity contribution in [3.05, 3.63) is 15.3 Å². The molecule has 84 valence electrons. The minimum atomic E-state index is -4.14. The Labute approximate surface area is 102 Å². The Bertz CT molecular complexity index is 494. The van der Waals surface area contributed by atoms with Crippen LogP contribution in [0, 0.1) is 3.57 Å². The van der Waals surface area contributed by atoms with Crippen LogP contribution in [-0.2, 0) is 9.05 Å². The number of halogens is 4. The molecule has 1 aromatic rings. The Kier molecular flexibility index (Phi) is 3.71. The lowest BCUT2D eigenvalue weighted by Gasteiger charge is -2.06. The molecule has 0 fully saturated rings. The summed E-state index contributed by atoms with van der Waals surface area (Å²) in [7, 11) is 0.870. The number of nitrogens with zero attached hydrogens (tertiary/aromatic N) is 1. The summed E-state index contributed by atoms with van der Waals surface area (Å²) in [6.07, 6.45) is -2.95. The van der Waals surface area contributed by atoms with Crippen LogP contribution in [0.5, 0.6) is 0 Å². The van der Waals surface area contributed by atoms with E-state index in [-0.39, 0.29) is 9.26 Å². The van der Waals surface area contributed by atoms with Crippen LogP contribution in [0.15, 0.2) is 11.1 Å². The van der Waals surface area contributed by atoms with Crippen molar-refractivity contribution in [1.82, 2.24) is 4.98 Å². The molecule has 2 N–H and O–H groups in total. The van der Waals surface area contributed by atoms with E-state index in [9.17, 15) is 17.2 Å². The minimum Gasteiger partial charge on any atom is -0.397 e. The highest BCUT2D eigenvalue weighted by Crippen LogP contribution is 2.29. The summed E-state index contributed by atoms with van der Waals surface area (Å²) in [6.45, 7) is 0. The number of hydrogen-bond acceptors (Lipinski definition) is 4. The highest BCUT2D eigenvalue weighted by molar-refractivity contribution is 14.1. The van der Waals surface area contributed by atoms with Crippen molar-refractivity contribution in [2.75, 3.05) is 5.73 Å². The van der Waals surface area contributed by atoms with E-state index in [0.717, 1.165) is 6.07 Å². The van der Waals surface area contributed by atoms with E-state index in [2.05, 4.69) is 4.98 Å². The summed E-state index contributed by atoms with van der Waals surface area (Å²) in [5, 5.41) is -0.603. The number of alkyl halides is 2. The summed E-state index contributed by atoms with van der Waals surface area (Å²) in [4.78, 5) is 3.24. The van der Waals surface area contributed by atoms with Gasteiger partial charge in [-0.1, -0.05) is 0 Å². The van der Waals surface area contributed by atoms with E-state index in [1.165, 1.54) is 0 Å². The first-order chi connectivity index (χ1) is 6.73. The highest BCUT2D eigenvalue weighted by atomic mass is 127. The van der Waals surface area contributed by atoms with Crippen LogP contribution in [0.25, 0.3) is 0 Å². The second-order valence-electron chi connectivity index (χ2n) is 2.49. The lowest BCUT2D eigenvalue weighted by Crippen LogP contribution is -2.06. The van der Waals surface area contributed by atoms with Crippen molar-refractivity contribution in [3.8, 4) is 0 Å². The van der Waals surface area contributed by atoms with Crippen LogP contribution in [0.4, 0.5) is 14.5 Å². The molecule has 0 aliphatic carbocycles. The van der Waals surface area contributed by atoms with Crippen LogP contribution in [-0.4, -0.2) is 13.4 Å². The Morgan fingerprint density at radius 2 is 2.07 bits per heavy atom. The maximum Gasteiger partial charge on any atom is 0.282 e. The van der Waals surface area contributed by atoms with Gasteiger partial charge in [0.25, 0.3) is 15.5 Å². The van der Waals surface area contributed by atoms with Crippen LogP contribution >= 0.6 is 33.3 Å².